The maximum atomic E-state index is 12.1. The monoisotopic (exact) mass is 388 g/mol. The van der Waals surface area contributed by atoms with E-state index in [1.807, 2.05) is 0 Å². The molecule has 0 saturated carbocycles. The Morgan fingerprint density at radius 1 is 1.15 bits per heavy atom. The molecule has 1 amide bonds. The van der Waals surface area contributed by atoms with Crippen molar-refractivity contribution in [3.05, 3.63) is 65.2 Å². The zero-order valence-corrected chi connectivity index (χ0v) is 16.0. The van der Waals surface area contributed by atoms with E-state index >= 15 is 0 Å². The van der Waals surface area contributed by atoms with Crippen molar-refractivity contribution >= 4 is 15.9 Å². The van der Waals surface area contributed by atoms with Gasteiger partial charge in [0.2, 0.25) is 10.0 Å². The molecule has 0 saturated heterocycles. The van der Waals surface area contributed by atoms with Crippen LogP contribution in [0.15, 0.2) is 53.4 Å². The molecule has 1 aliphatic rings. The van der Waals surface area contributed by atoms with E-state index in [0.29, 0.717) is 25.6 Å². The number of carbonyl (C=O) groups excluding carboxylic acids is 1. The van der Waals surface area contributed by atoms with Gasteiger partial charge < -0.3 is 10.6 Å². The Morgan fingerprint density at radius 3 is 2.63 bits per heavy atom. The van der Waals surface area contributed by atoms with Crippen LogP contribution >= 0.6 is 0 Å². The van der Waals surface area contributed by atoms with Crippen LogP contribution in [0.1, 0.15) is 35.6 Å². The summed E-state index contributed by atoms with van der Waals surface area (Å²) >= 11 is 0. The molecular weight excluding hydrogens is 362 g/mol. The zero-order valence-electron chi connectivity index (χ0n) is 15.2. The van der Waals surface area contributed by atoms with Crippen molar-refractivity contribution in [2.75, 3.05) is 13.1 Å². The third kappa shape index (κ3) is 5.38. The molecule has 0 radical (unpaired) electrons. The SMILES string of the molecule is NS(=O)(=O)c1ccc(CCNC(=O)C[NH2+][C@H]2CCCc3ccccc32)cc1. The number of fused-ring (bicyclic) bond motifs is 1. The van der Waals surface area contributed by atoms with Gasteiger partial charge in [0.25, 0.3) is 5.91 Å². The highest BCUT2D eigenvalue weighted by Gasteiger charge is 2.22. The van der Waals surface area contributed by atoms with Gasteiger partial charge in [-0.3, -0.25) is 4.79 Å². The highest BCUT2D eigenvalue weighted by atomic mass is 32.2. The average molecular weight is 389 g/mol. The molecule has 3 rings (SSSR count). The fourth-order valence-electron chi connectivity index (χ4n) is 3.55. The number of hydrogen-bond donors (Lipinski definition) is 3. The van der Waals surface area contributed by atoms with Crippen molar-refractivity contribution in [1.82, 2.24) is 5.32 Å². The number of aryl methyl sites for hydroxylation is 1. The summed E-state index contributed by atoms with van der Waals surface area (Å²) in [6.07, 6.45) is 4.02. The fourth-order valence-corrected chi connectivity index (χ4v) is 4.07. The van der Waals surface area contributed by atoms with Crippen LogP contribution in [0.4, 0.5) is 0 Å². The standard InChI is InChI=1S/C20H25N3O3S/c21-27(25,26)17-10-8-15(9-11-17)12-13-22-20(24)14-23-19-7-3-5-16-4-1-2-6-18(16)19/h1-2,4,6,8-11,19,23H,3,5,7,12-14H2,(H,22,24)(H2,21,25,26)/p+1/t19-/m0/s1. The van der Waals surface area contributed by atoms with Gasteiger partial charge in [-0.2, -0.15) is 0 Å². The molecule has 1 aliphatic carbocycles. The highest BCUT2D eigenvalue weighted by Crippen LogP contribution is 2.26. The lowest BCUT2D eigenvalue weighted by atomic mass is 9.88. The molecule has 0 aliphatic heterocycles. The van der Waals surface area contributed by atoms with Crippen LogP contribution in [0.3, 0.4) is 0 Å². The van der Waals surface area contributed by atoms with Crippen LogP contribution in [0.2, 0.25) is 0 Å². The Kier molecular flexibility index (Phi) is 6.26. The van der Waals surface area contributed by atoms with Crippen LogP contribution in [-0.2, 0) is 27.7 Å². The van der Waals surface area contributed by atoms with E-state index in [1.165, 1.54) is 23.3 Å². The maximum absolute atomic E-state index is 12.1. The first-order chi connectivity index (χ1) is 12.9. The molecule has 2 aromatic rings. The van der Waals surface area contributed by atoms with Crippen LogP contribution in [0.5, 0.6) is 0 Å². The number of rotatable bonds is 7. The third-order valence-corrected chi connectivity index (χ3v) is 5.92. The number of primary sulfonamides is 1. The summed E-state index contributed by atoms with van der Waals surface area (Å²) in [5.41, 5.74) is 3.70. The predicted octanol–water partition coefficient (Wildman–Crippen LogP) is 0.634. The highest BCUT2D eigenvalue weighted by molar-refractivity contribution is 7.89. The minimum absolute atomic E-state index is 0.0132. The van der Waals surface area contributed by atoms with E-state index < -0.39 is 10.0 Å². The molecule has 0 heterocycles. The predicted molar refractivity (Wildman–Crippen MR) is 103 cm³/mol. The van der Waals surface area contributed by atoms with Crippen molar-refractivity contribution in [2.45, 2.75) is 36.6 Å². The van der Waals surface area contributed by atoms with Gasteiger partial charge in [-0.1, -0.05) is 36.4 Å². The minimum atomic E-state index is -3.67. The summed E-state index contributed by atoms with van der Waals surface area (Å²) < 4.78 is 22.5. The number of nitrogens with one attached hydrogen (secondary N) is 1. The van der Waals surface area contributed by atoms with Gasteiger partial charge in [-0.05, 0) is 42.5 Å². The number of hydrogen-bond acceptors (Lipinski definition) is 3. The summed E-state index contributed by atoms with van der Waals surface area (Å²) in [6.45, 7) is 0.923. The van der Waals surface area contributed by atoms with Gasteiger partial charge in [-0.25, -0.2) is 13.6 Å². The summed E-state index contributed by atoms with van der Waals surface area (Å²) in [7, 11) is -3.67. The van der Waals surface area contributed by atoms with Gasteiger partial charge in [0.15, 0.2) is 6.54 Å². The Morgan fingerprint density at radius 2 is 1.89 bits per heavy atom. The number of carbonyl (C=O) groups is 1. The first kappa shape index (κ1) is 19.5. The number of amides is 1. The second-order valence-electron chi connectivity index (χ2n) is 6.93. The van der Waals surface area contributed by atoms with Gasteiger partial charge in [0, 0.05) is 18.5 Å². The Hall–Kier alpha value is -2.22. The molecule has 0 unspecified atom stereocenters. The van der Waals surface area contributed by atoms with E-state index in [-0.39, 0.29) is 10.8 Å². The van der Waals surface area contributed by atoms with Gasteiger partial charge in [-0.15, -0.1) is 0 Å². The van der Waals surface area contributed by atoms with Crippen LogP contribution < -0.4 is 15.8 Å². The Bertz CT molecular complexity index is 895. The van der Waals surface area contributed by atoms with E-state index in [0.717, 1.165) is 24.8 Å². The molecule has 0 spiro atoms. The van der Waals surface area contributed by atoms with Crippen molar-refractivity contribution in [3.8, 4) is 0 Å². The number of sulfonamides is 1. The number of benzene rings is 2. The molecule has 2 aromatic carbocycles. The first-order valence-electron chi connectivity index (χ1n) is 9.23. The lowest BCUT2D eigenvalue weighted by molar-refractivity contribution is -0.687. The van der Waals surface area contributed by atoms with Crippen molar-refractivity contribution in [2.24, 2.45) is 5.14 Å². The number of nitrogens with two attached hydrogens (primary N) is 2. The molecule has 5 N–H and O–H groups in total. The zero-order chi connectivity index (χ0) is 19.3. The Labute approximate surface area is 160 Å². The molecule has 6 nitrogen and oxygen atoms in total. The summed E-state index contributed by atoms with van der Waals surface area (Å²) in [5.74, 6) is 0.0132. The fraction of sp³-hybridized carbons (Fsp3) is 0.350. The molecule has 7 heteroatoms. The lowest BCUT2D eigenvalue weighted by Crippen LogP contribution is -2.87. The van der Waals surface area contributed by atoms with E-state index in [4.69, 9.17) is 5.14 Å². The molecule has 144 valence electrons. The average Bonchev–Trinajstić information content (AvgIpc) is 2.66. The largest absolute Gasteiger partial charge is 0.351 e. The summed E-state index contributed by atoms with van der Waals surface area (Å²) in [6, 6.07) is 15.2. The molecule has 0 bridgehead atoms. The van der Waals surface area contributed by atoms with Crippen LogP contribution in [0.25, 0.3) is 0 Å². The molecule has 0 fully saturated rings. The molecular formula is C20H26N3O3S+. The second-order valence-corrected chi connectivity index (χ2v) is 8.49. The van der Waals surface area contributed by atoms with Crippen molar-refractivity contribution in [3.63, 3.8) is 0 Å². The van der Waals surface area contributed by atoms with E-state index in [1.54, 1.807) is 12.1 Å². The number of quaternary nitrogens is 1. The molecule has 27 heavy (non-hydrogen) atoms. The van der Waals surface area contributed by atoms with E-state index in [9.17, 15) is 13.2 Å². The smallest absolute Gasteiger partial charge is 0.275 e. The lowest BCUT2D eigenvalue weighted by Gasteiger charge is -2.23. The first-order valence-corrected chi connectivity index (χ1v) is 10.8. The van der Waals surface area contributed by atoms with E-state index in [2.05, 4.69) is 34.9 Å². The normalized spacial score (nSPS) is 16.6. The maximum Gasteiger partial charge on any atom is 0.275 e. The van der Waals surface area contributed by atoms with Gasteiger partial charge >= 0.3 is 0 Å². The van der Waals surface area contributed by atoms with Gasteiger partial charge in [0.1, 0.15) is 6.04 Å². The van der Waals surface area contributed by atoms with Crippen molar-refractivity contribution in [1.29, 1.82) is 0 Å². The summed E-state index contributed by atoms with van der Waals surface area (Å²) in [5, 5.41) is 10.1. The Balaban J connectivity index is 1.43. The van der Waals surface area contributed by atoms with Crippen LogP contribution in [0, 0.1) is 0 Å². The second kappa shape index (κ2) is 8.65. The van der Waals surface area contributed by atoms with Crippen molar-refractivity contribution < 1.29 is 18.5 Å². The third-order valence-electron chi connectivity index (χ3n) is 4.99. The van der Waals surface area contributed by atoms with Gasteiger partial charge in [0.05, 0.1) is 4.90 Å². The molecule has 1 atom stereocenters. The minimum Gasteiger partial charge on any atom is -0.351 e. The summed E-state index contributed by atoms with van der Waals surface area (Å²) in [4.78, 5) is 12.2. The van der Waals surface area contributed by atoms with Crippen LogP contribution in [-0.4, -0.2) is 27.4 Å². The topological polar surface area (TPSA) is 106 Å². The molecule has 0 aromatic heterocycles. The quantitative estimate of drug-likeness (QED) is 0.648.